The quantitative estimate of drug-likeness (QED) is 0.480. The maximum atomic E-state index is 7.41. The van der Waals surface area contributed by atoms with E-state index in [1.54, 1.807) is 7.11 Å². The molecule has 2 aliphatic heterocycles. The van der Waals surface area contributed by atoms with E-state index in [9.17, 15) is 0 Å². The smallest absolute Gasteiger partial charge is 0.188 e. The number of nitrogens with one attached hydrogen (secondary N) is 1. The van der Waals surface area contributed by atoms with E-state index in [-0.39, 0.29) is 11.6 Å². The van der Waals surface area contributed by atoms with Crippen LogP contribution in [0.3, 0.4) is 0 Å². The van der Waals surface area contributed by atoms with E-state index in [1.165, 1.54) is 0 Å². The largest absolute Gasteiger partial charge is 0.381 e. The summed E-state index contributed by atoms with van der Waals surface area (Å²) in [6.07, 6.45) is 3.14. The van der Waals surface area contributed by atoms with Gasteiger partial charge in [-0.05, 0) is 12.8 Å². The van der Waals surface area contributed by atoms with Crippen molar-refractivity contribution in [1.82, 2.24) is 4.90 Å². The van der Waals surface area contributed by atoms with Gasteiger partial charge in [-0.15, -0.1) is 0 Å². The van der Waals surface area contributed by atoms with Crippen LogP contribution in [0.4, 0.5) is 0 Å². The molecule has 2 rings (SSSR count). The summed E-state index contributed by atoms with van der Waals surface area (Å²) in [4.78, 5) is 1.87. The van der Waals surface area contributed by atoms with Gasteiger partial charge in [0.2, 0.25) is 0 Å². The Morgan fingerprint density at radius 3 is 3.07 bits per heavy atom. The molecule has 2 saturated heterocycles. The Bertz CT molecular complexity index is 259. The summed E-state index contributed by atoms with van der Waals surface area (Å²) < 4.78 is 11.3. The lowest BCUT2D eigenvalue weighted by atomic mass is 9.91. The number of ether oxygens (including phenoxy) is 2. The van der Waals surface area contributed by atoms with Crippen LogP contribution in [-0.2, 0) is 9.47 Å². The van der Waals surface area contributed by atoms with E-state index in [1.807, 2.05) is 4.90 Å². The highest BCUT2D eigenvalue weighted by atomic mass is 16.5. The minimum absolute atomic E-state index is 0.120. The van der Waals surface area contributed by atoms with Crippen LogP contribution in [0.25, 0.3) is 0 Å². The van der Waals surface area contributed by atoms with E-state index in [4.69, 9.17) is 20.6 Å². The summed E-state index contributed by atoms with van der Waals surface area (Å²) in [6.45, 7) is 2.32. The number of hydrogen-bond donors (Lipinski definition) is 2. The Labute approximate surface area is 90.0 Å². The lowest BCUT2D eigenvalue weighted by Crippen LogP contribution is -2.46. The maximum Gasteiger partial charge on any atom is 0.188 e. The van der Waals surface area contributed by atoms with E-state index in [2.05, 4.69) is 0 Å². The second-order valence-corrected chi connectivity index (χ2v) is 4.44. The zero-order valence-corrected chi connectivity index (χ0v) is 9.16. The fourth-order valence-electron chi connectivity index (χ4n) is 2.52. The number of rotatable bonds is 1. The minimum atomic E-state index is -0.120. The highest BCUT2D eigenvalue weighted by Crippen LogP contribution is 2.34. The molecule has 5 heteroatoms. The molecule has 0 aromatic heterocycles. The standard InChI is InChI=1S/C10H19N3O2/c1-14-8-2-5-15-10(6-8)3-4-13(7-10)9(11)12/h8H,2-7H2,1H3,(H3,11,12)/t8-,10-/m1/s1. The molecule has 2 atom stereocenters. The summed E-state index contributed by atoms with van der Waals surface area (Å²) >= 11 is 0. The van der Waals surface area contributed by atoms with Gasteiger partial charge in [0.05, 0.1) is 11.7 Å². The fourth-order valence-corrected chi connectivity index (χ4v) is 2.52. The zero-order chi connectivity index (χ0) is 10.9. The molecule has 2 fully saturated rings. The second-order valence-electron chi connectivity index (χ2n) is 4.44. The summed E-state index contributed by atoms with van der Waals surface area (Å²) in [6, 6.07) is 0. The molecule has 0 aromatic rings. The summed E-state index contributed by atoms with van der Waals surface area (Å²) in [5.41, 5.74) is 5.36. The Hall–Kier alpha value is -0.810. The Morgan fingerprint density at radius 1 is 1.67 bits per heavy atom. The number of guanidine groups is 1. The monoisotopic (exact) mass is 213 g/mol. The van der Waals surface area contributed by atoms with Crippen molar-refractivity contribution in [3.63, 3.8) is 0 Å². The Kier molecular flexibility index (Phi) is 2.84. The number of nitrogens with zero attached hydrogens (tertiary/aromatic N) is 1. The maximum absolute atomic E-state index is 7.41. The first-order chi connectivity index (χ1) is 7.15. The molecule has 2 aliphatic rings. The van der Waals surface area contributed by atoms with Crippen LogP contribution in [0.1, 0.15) is 19.3 Å². The number of hydrogen-bond acceptors (Lipinski definition) is 3. The van der Waals surface area contributed by atoms with Gasteiger partial charge in [0.25, 0.3) is 0 Å². The van der Waals surface area contributed by atoms with Gasteiger partial charge in [0.15, 0.2) is 5.96 Å². The van der Waals surface area contributed by atoms with E-state index in [0.717, 1.165) is 39.0 Å². The molecule has 0 amide bonds. The molecule has 3 N–H and O–H groups in total. The normalized spacial score (nSPS) is 36.1. The van der Waals surface area contributed by atoms with Gasteiger partial charge >= 0.3 is 0 Å². The third-order valence-electron chi connectivity index (χ3n) is 3.44. The van der Waals surface area contributed by atoms with Crippen molar-refractivity contribution in [3.05, 3.63) is 0 Å². The van der Waals surface area contributed by atoms with Crippen molar-refractivity contribution in [2.24, 2.45) is 5.73 Å². The predicted molar refractivity (Wildman–Crippen MR) is 56.8 cm³/mol. The number of nitrogens with two attached hydrogens (primary N) is 1. The van der Waals surface area contributed by atoms with Gasteiger partial charge in [-0.3, -0.25) is 5.41 Å². The predicted octanol–water partition coefficient (Wildman–Crippen LogP) is 0.150. The highest BCUT2D eigenvalue weighted by Gasteiger charge is 2.43. The molecule has 0 bridgehead atoms. The lowest BCUT2D eigenvalue weighted by molar-refractivity contribution is -0.117. The summed E-state index contributed by atoms with van der Waals surface area (Å²) in [7, 11) is 1.75. The number of likely N-dealkylation sites (tertiary alicyclic amines) is 1. The van der Waals surface area contributed by atoms with Crippen molar-refractivity contribution in [1.29, 1.82) is 5.41 Å². The van der Waals surface area contributed by atoms with Crippen LogP contribution in [0.5, 0.6) is 0 Å². The van der Waals surface area contributed by atoms with Crippen LogP contribution in [0.15, 0.2) is 0 Å². The molecule has 2 heterocycles. The Morgan fingerprint density at radius 2 is 2.47 bits per heavy atom. The average molecular weight is 213 g/mol. The Balaban J connectivity index is 1.99. The highest BCUT2D eigenvalue weighted by molar-refractivity contribution is 5.75. The summed E-state index contributed by atoms with van der Waals surface area (Å²) in [5, 5.41) is 7.41. The van der Waals surface area contributed by atoms with Crippen LogP contribution < -0.4 is 5.73 Å². The van der Waals surface area contributed by atoms with Crippen molar-refractivity contribution in [3.8, 4) is 0 Å². The molecule has 0 aromatic carbocycles. The first-order valence-corrected chi connectivity index (χ1v) is 5.41. The van der Waals surface area contributed by atoms with Crippen molar-refractivity contribution in [2.75, 3.05) is 26.8 Å². The molecule has 86 valence electrons. The molecule has 0 radical (unpaired) electrons. The fraction of sp³-hybridized carbons (Fsp3) is 0.900. The third-order valence-corrected chi connectivity index (χ3v) is 3.44. The third kappa shape index (κ3) is 2.08. The minimum Gasteiger partial charge on any atom is -0.381 e. The topological polar surface area (TPSA) is 71.6 Å². The van der Waals surface area contributed by atoms with E-state index >= 15 is 0 Å². The molecular weight excluding hydrogens is 194 g/mol. The van der Waals surface area contributed by atoms with E-state index < -0.39 is 0 Å². The first-order valence-electron chi connectivity index (χ1n) is 5.41. The van der Waals surface area contributed by atoms with Crippen LogP contribution >= 0.6 is 0 Å². The molecule has 0 aliphatic carbocycles. The molecule has 1 spiro atoms. The molecule has 5 nitrogen and oxygen atoms in total. The van der Waals surface area contributed by atoms with Gasteiger partial charge < -0.3 is 20.1 Å². The van der Waals surface area contributed by atoms with Gasteiger partial charge in [-0.2, -0.15) is 0 Å². The van der Waals surface area contributed by atoms with Crippen LogP contribution in [0, 0.1) is 5.41 Å². The van der Waals surface area contributed by atoms with Crippen molar-refractivity contribution in [2.45, 2.75) is 31.0 Å². The van der Waals surface area contributed by atoms with Crippen LogP contribution in [-0.4, -0.2) is 49.4 Å². The van der Waals surface area contributed by atoms with E-state index in [0.29, 0.717) is 6.10 Å². The lowest BCUT2D eigenvalue weighted by Gasteiger charge is -2.37. The molecule has 15 heavy (non-hydrogen) atoms. The molecule has 0 saturated carbocycles. The van der Waals surface area contributed by atoms with Crippen molar-refractivity contribution >= 4 is 5.96 Å². The molecular formula is C10H19N3O2. The van der Waals surface area contributed by atoms with Gasteiger partial charge in [0, 0.05) is 33.2 Å². The average Bonchev–Trinajstić information content (AvgIpc) is 2.62. The number of methoxy groups -OCH3 is 1. The first kappa shape index (κ1) is 10.7. The van der Waals surface area contributed by atoms with Crippen molar-refractivity contribution < 1.29 is 9.47 Å². The van der Waals surface area contributed by atoms with Crippen LogP contribution in [0.2, 0.25) is 0 Å². The zero-order valence-electron chi connectivity index (χ0n) is 9.16. The SMILES string of the molecule is CO[C@@H]1CCO[C@]2(CCN(C(=N)N)C2)C1. The van der Waals surface area contributed by atoms with Gasteiger partial charge in [0.1, 0.15) is 0 Å². The summed E-state index contributed by atoms with van der Waals surface area (Å²) in [5.74, 6) is 0.148. The van der Waals surface area contributed by atoms with Gasteiger partial charge in [-0.25, -0.2) is 0 Å². The second kappa shape index (κ2) is 3.98. The molecule has 0 unspecified atom stereocenters. The van der Waals surface area contributed by atoms with Gasteiger partial charge in [-0.1, -0.05) is 0 Å².